The van der Waals surface area contributed by atoms with Crippen molar-refractivity contribution in [3.63, 3.8) is 0 Å². The molecule has 37 heavy (non-hydrogen) atoms. The first kappa shape index (κ1) is 26.4. The number of rotatable bonds is 12. The maximum atomic E-state index is 12.8. The Labute approximate surface area is 218 Å². The highest BCUT2D eigenvalue weighted by Crippen LogP contribution is 2.21. The van der Waals surface area contributed by atoms with Crippen LogP contribution in [0.15, 0.2) is 42.5 Å². The topological polar surface area (TPSA) is 109 Å². The van der Waals surface area contributed by atoms with Crippen LogP contribution in [0.5, 0.6) is 0 Å². The average molecular weight is 504 g/mol. The summed E-state index contributed by atoms with van der Waals surface area (Å²) in [6.07, 6.45) is 8.51. The van der Waals surface area contributed by atoms with Crippen LogP contribution in [0.3, 0.4) is 0 Å². The molecule has 0 aliphatic carbocycles. The van der Waals surface area contributed by atoms with E-state index in [-0.39, 0.29) is 5.91 Å². The zero-order valence-electron chi connectivity index (χ0n) is 21.8. The molecule has 0 spiro atoms. The van der Waals surface area contributed by atoms with E-state index < -0.39 is 12.0 Å². The molecule has 0 radical (unpaired) electrons. The Balaban J connectivity index is 1.19. The highest BCUT2D eigenvalue weighted by atomic mass is 16.4. The van der Waals surface area contributed by atoms with E-state index in [0.717, 1.165) is 80.1 Å². The molecule has 4 rings (SSSR count). The van der Waals surface area contributed by atoms with Crippen LogP contribution in [0.4, 0.5) is 5.82 Å². The molecule has 3 aromatic rings. The van der Waals surface area contributed by atoms with Crippen molar-refractivity contribution in [2.24, 2.45) is 0 Å². The fourth-order valence-corrected chi connectivity index (χ4v) is 4.86. The van der Waals surface area contributed by atoms with Gasteiger partial charge in [-0.2, -0.15) is 5.10 Å². The number of aryl methyl sites for hydroxylation is 4. The van der Waals surface area contributed by atoms with Crippen molar-refractivity contribution in [2.45, 2.75) is 77.7 Å². The van der Waals surface area contributed by atoms with E-state index in [1.807, 2.05) is 26.0 Å². The minimum absolute atomic E-state index is 0.386. The Morgan fingerprint density at radius 2 is 1.89 bits per heavy atom. The summed E-state index contributed by atoms with van der Waals surface area (Å²) in [5.74, 6) is -0.346. The summed E-state index contributed by atoms with van der Waals surface area (Å²) in [5, 5.41) is 20.2. The predicted octanol–water partition coefficient (Wildman–Crippen LogP) is 5.01. The summed E-state index contributed by atoms with van der Waals surface area (Å²) in [5.41, 5.74) is 5.49. The average Bonchev–Trinajstić information content (AvgIpc) is 3.24. The molecule has 1 aliphatic heterocycles. The van der Waals surface area contributed by atoms with E-state index in [4.69, 9.17) is 4.98 Å². The highest BCUT2D eigenvalue weighted by molar-refractivity contribution is 5.97. The van der Waals surface area contributed by atoms with Crippen LogP contribution in [0.25, 0.3) is 5.69 Å². The number of hydrogen-bond donors (Lipinski definition) is 3. The Morgan fingerprint density at radius 1 is 1.08 bits per heavy atom. The Morgan fingerprint density at radius 3 is 2.68 bits per heavy atom. The fraction of sp³-hybridized carbons (Fsp3) is 0.448. The van der Waals surface area contributed by atoms with Gasteiger partial charge in [-0.25, -0.2) is 14.5 Å². The first-order valence-corrected chi connectivity index (χ1v) is 13.3. The minimum Gasteiger partial charge on any atom is -0.480 e. The van der Waals surface area contributed by atoms with E-state index in [1.54, 1.807) is 22.9 Å². The second-order valence-electron chi connectivity index (χ2n) is 9.90. The molecule has 0 saturated heterocycles. The van der Waals surface area contributed by atoms with Crippen LogP contribution in [-0.4, -0.2) is 44.3 Å². The lowest BCUT2D eigenvalue weighted by molar-refractivity contribution is -0.139. The zero-order chi connectivity index (χ0) is 26.2. The Hall–Kier alpha value is -3.68. The van der Waals surface area contributed by atoms with Crippen LogP contribution in [0.1, 0.15) is 77.9 Å². The van der Waals surface area contributed by atoms with Gasteiger partial charge in [0.05, 0.1) is 11.4 Å². The molecule has 196 valence electrons. The lowest BCUT2D eigenvalue weighted by atomic mass is 10.0. The number of carboxylic acid groups (broad SMARTS) is 1. The molecule has 0 fully saturated rings. The second-order valence-corrected chi connectivity index (χ2v) is 9.90. The molecule has 8 heteroatoms. The van der Waals surface area contributed by atoms with Crippen molar-refractivity contribution in [2.75, 3.05) is 11.9 Å². The maximum Gasteiger partial charge on any atom is 0.326 e. The van der Waals surface area contributed by atoms with Gasteiger partial charge in [-0.15, -0.1) is 0 Å². The zero-order valence-corrected chi connectivity index (χ0v) is 21.8. The van der Waals surface area contributed by atoms with Crippen molar-refractivity contribution in [1.82, 2.24) is 20.1 Å². The number of fused-ring (bicyclic) bond motifs is 1. The smallest absolute Gasteiger partial charge is 0.326 e. The summed E-state index contributed by atoms with van der Waals surface area (Å²) in [6.45, 7) is 4.87. The fourth-order valence-electron chi connectivity index (χ4n) is 4.86. The lowest BCUT2D eigenvalue weighted by Crippen LogP contribution is -2.40. The number of hydrogen-bond acceptors (Lipinski definition) is 5. The normalized spacial score (nSPS) is 13.5. The number of amides is 1. The number of carbonyl (C=O) groups excluding carboxylic acids is 1. The molecule has 0 saturated carbocycles. The lowest BCUT2D eigenvalue weighted by Gasteiger charge is -2.17. The van der Waals surface area contributed by atoms with Gasteiger partial charge >= 0.3 is 5.97 Å². The number of aliphatic carboxylic acids is 1. The number of anilines is 1. The summed E-state index contributed by atoms with van der Waals surface area (Å²) < 4.78 is 1.78. The molecule has 8 nitrogen and oxygen atoms in total. The number of benzene rings is 1. The van der Waals surface area contributed by atoms with E-state index in [1.165, 1.54) is 12.0 Å². The predicted molar refractivity (Wildman–Crippen MR) is 144 cm³/mol. The largest absolute Gasteiger partial charge is 0.480 e. The quantitative estimate of drug-likeness (QED) is 0.300. The van der Waals surface area contributed by atoms with E-state index in [9.17, 15) is 14.7 Å². The molecule has 1 atom stereocenters. The second kappa shape index (κ2) is 12.5. The molecule has 3 heterocycles. The summed E-state index contributed by atoms with van der Waals surface area (Å²) in [6, 6.07) is 12.5. The molecule has 1 aliphatic rings. The van der Waals surface area contributed by atoms with Crippen molar-refractivity contribution in [1.29, 1.82) is 0 Å². The number of carboxylic acids is 1. The Kier molecular flexibility index (Phi) is 8.93. The van der Waals surface area contributed by atoms with Gasteiger partial charge in [0.25, 0.3) is 5.91 Å². The molecule has 3 N–H and O–H groups in total. The van der Waals surface area contributed by atoms with Gasteiger partial charge < -0.3 is 15.7 Å². The van der Waals surface area contributed by atoms with Gasteiger partial charge in [0.2, 0.25) is 0 Å². The van der Waals surface area contributed by atoms with Gasteiger partial charge in [0, 0.05) is 23.5 Å². The van der Waals surface area contributed by atoms with Crippen LogP contribution in [-0.2, 0) is 17.6 Å². The molecule has 1 aromatic carbocycles. The van der Waals surface area contributed by atoms with Crippen LogP contribution in [0, 0.1) is 13.8 Å². The standard InChI is InChI=1S/C29H37N5O3/c1-20-18-21(2)34(33-20)25-13-8-10-23(19-25)28(35)32-26(29(36)37)14-7-5-3-4-6-12-24-16-15-22-11-9-17-30-27(22)31-24/h8,10,13,15-16,18-19,26H,3-7,9,11-12,14,17H2,1-2H3,(H,30,31)(H,32,35)(H,36,37)/t26-/m0/s1. The third-order valence-corrected chi connectivity index (χ3v) is 6.84. The molecular formula is C29H37N5O3. The highest BCUT2D eigenvalue weighted by Gasteiger charge is 2.20. The van der Waals surface area contributed by atoms with E-state index in [0.29, 0.717) is 12.0 Å². The number of nitrogens with zero attached hydrogens (tertiary/aromatic N) is 3. The van der Waals surface area contributed by atoms with Crippen molar-refractivity contribution >= 4 is 17.7 Å². The molecule has 2 aromatic heterocycles. The summed E-state index contributed by atoms with van der Waals surface area (Å²) >= 11 is 0. The van der Waals surface area contributed by atoms with Crippen LogP contribution >= 0.6 is 0 Å². The SMILES string of the molecule is Cc1cc(C)n(-c2cccc(C(=O)N[C@@H](CCCCCCCc3ccc4c(n3)NCCC4)C(=O)O)c2)n1. The first-order valence-electron chi connectivity index (χ1n) is 13.3. The number of pyridine rings is 1. The van der Waals surface area contributed by atoms with Gasteiger partial charge in [-0.3, -0.25) is 4.79 Å². The van der Waals surface area contributed by atoms with E-state index in [2.05, 4.69) is 27.9 Å². The number of unbranched alkanes of at least 4 members (excludes halogenated alkanes) is 4. The van der Waals surface area contributed by atoms with Gasteiger partial charge in [-0.05, 0) is 81.8 Å². The van der Waals surface area contributed by atoms with E-state index >= 15 is 0 Å². The molecule has 0 bridgehead atoms. The number of aromatic nitrogens is 3. The van der Waals surface area contributed by atoms with Gasteiger partial charge in [0.15, 0.2) is 0 Å². The summed E-state index contributed by atoms with van der Waals surface area (Å²) in [7, 11) is 0. The number of nitrogens with one attached hydrogen (secondary N) is 2. The van der Waals surface area contributed by atoms with Crippen LogP contribution < -0.4 is 10.6 Å². The third kappa shape index (κ3) is 7.18. The van der Waals surface area contributed by atoms with Gasteiger partial charge in [0.1, 0.15) is 11.9 Å². The van der Waals surface area contributed by atoms with Crippen LogP contribution in [0.2, 0.25) is 0 Å². The molecule has 0 unspecified atom stereocenters. The molecule has 1 amide bonds. The summed E-state index contributed by atoms with van der Waals surface area (Å²) in [4.78, 5) is 29.4. The molecular weight excluding hydrogens is 466 g/mol. The van der Waals surface area contributed by atoms with Crippen molar-refractivity contribution in [3.05, 3.63) is 70.7 Å². The minimum atomic E-state index is -1.00. The monoisotopic (exact) mass is 503 g/mol. The Bertz CT molecular complexity index is 1240. The van der Waals surface area contributed by atoms with Gasteiger partial charge in [-0.1, -0.05) is 37.8 Å². The maximum absolute atomic E-state index is 12.8. The van der Waals surface area contributed by atoms with Crippen molar-refractivity contribution < 1.29 is 14.7 Å². The number of carbonyl (C=O) groups is 2. The third-order valence-electron chi connectivity index (χ3n) is 6.84. The van der Waals surface area contributed by atoms with Crippen molar-refractivity contribution in [3.8, 4) is 5.69 Å². The first-order chi connectivity index (χ1) is 17.9.